The van der Waals surface area contributed by atoms with Crippen molar-refractivity contribution in [2.45, 2.75) is 19.8 Å². The van der Waals surface area contributed by atoms with Gasteiger partial charge in [-0.3, -0.25) is 4.79 Å². The molecule has 0 bridgehead atoms. The van der Waals surface area contributed by atoms with Gasteiger partial charge in [-0.15, -0.1) is 0 Å². The summed E-state index contributed by atoms with van der Waals surface area (Å²) in [5.41, 5.74) is 5.04. The van der Waals surface area contributed by atoms with Gasteiger partial charge >= 0.3 is 0 Å². The van der Waals surface area contributed by atoms with Crippen molar-refractivity contribution in [1.82, 2.24) is 0 Å². The van der Waals surface area contributed by atoms with Crippen molar-refractivity contribution in [2.75, 3.05) is 28.6 Å². The van der Waals surface area contributed by atoms with Crippen LogP contribution in [0, 0.1) is 12.7 Å². The van der Waals surface area contributed by atoms with Crippen LogP contribution in [0.15, 0.2) is 42.6 Å². The summed E-state index contributed by atoms with van der Waals surface area (Å²) in [7, 11) is 0. The maximum Gasteiger partial charge on any atom is 0.257 e. The predicted molar refractivity (Wildman–Crippen MR) is 99.3 cm³/mol. The zero-order chi connectivity index (χ0) is 17.4. The molecule has 2 N–H and O–H groups in total. The Labute approximate surface area is 146 Å². The summed E-state index contributed by atoms with van der Waals surface area (Å²) in [6, 6.07) is 10.5. The van der Waals surface area contributed by atoms with Gasteiger partial charge in [0.15, 0.2) is 0 Å². The second-order valence-corrected chi connectivity index (χ2v) is 6.54. The lowest BCUT2D eigenvalue weighted by Crippen LogP contribution is -2.18. The molecule has 1 saturated heterocycles. The van der Waals surface area contributed by atoms with Gasteiger partial charge in [-0.2, -0.15) is 0 Å². The van der Waals surface area contributed by atoms with Crippen molar-refractivity contribution < 1.29 is 9.18 Å². The SMILES string of the molecule is Cc1cc(NC=C2C(=O)Nc3ccc(F)cc32)ccc1N1CCCC1. The molecule has 0 aliphatic carbocycles. The normalized spacial score (nSPS) is 17.8. The van der Waals surface area contributed by atoms with Gasteiger partial charge in [-0.05, 0) is 61.7 Å². The first-order valence-corrected chi connectivity index (χ1v) is 8.55. The molecule has 1 amide bonds. The number of nitrogens with one attached hydrogen (secondary N) is 2. The molecule has 0 spiro atoms. The van der Waals surface area contributed by atoms with E-state index in [4.69, 9.17) is 0 Å². The standard InChI is InChI=1S/C20H20FN3O/c1-13-10-15(5-7-19(13)24-8-2-3-9-24)22-12-17-16-11-14(21)4-6-18(16)23-20(17)25/h4-7,10-12,22H,2-3,8-9H2,1H3,(H,23,25). The lowest BCUT2D eigenvalue weighted by molar-refractivity contribution is -0.110. The van der Waals surface area contributed by atoms with Crippen LogP contribution in [0.2, 0.25) is 0 Å². The number of hydrogen-bond donors (Lipinski definition) is 2. The Balaban J connectivity index is 1.57. The predicted octanol–water partition coefficient (Wildman–Crippen LogP) is 4.14. The Bertz CT molecular complexity index is 869. The summed E-state index contributed by atoms with van der Waals surface area (Å²) in [5.74, 6) is -0.578. The third kappa shape index (κ3) is 2.97. The quantitative estimate of drug-likeness (QED) is 0.828. The first kappa shape index (κ1) is 15.7. The third-order valence-corrected chi connectivity index (χ3v) is 4.79. The maximum atomic E-state index is 13.5. The largest absolute Gasteiger partial charge is 0.371 e. The molecular weight excluding hydrogens is 317 g/mol. The van der Waals surface area contributed by atoms with Crippen molar-refractivity contribution >= 4 is 28.5 Å². The molecule has 1 fully saturated rings. The van der Waals surface area contributed by atoms with E-state index >= 15 is 0 Å². The Morgan fingerprint density at radius 2 is 1.96 bits per heavy atom. The van der Waals surface area contributed by atoms with Gasteiger partial charge in [0, 0.05) is 41.9 Å². The number of carbonyl (C=O) groups excluding carboxylic acids is 1. The Morgan fingerprint density at radius 3 is 2.72 bits per heavy atom. The highest BCUT2D eigenvalue weighted by molar-refractivity contribution is 6.31. The Hall–Kier alpha value is -2.82. The fourth-order valence-corrected chi connectivity index (χ4v) is 3.52. The number of halogens is 1. The monoisotopic (exact) mass is 337 g/mol. The molecule has 4 nitrogen and oxygen atoms in total. The maximum absolute atomic E-state index is 13.5. The number of benzene rings is 2. The zero-order valence-corrected chi connectivity index (χ0v) is 14.1. The fraction of sp³-hybridized carbons (Fsp3) is 0.250. The Kier molecular flexibility index (Phi) is 3.92. The van der Waals surface area contributed by atoms with Gasteiger partial charge in [0.1, 0.15) is 5.82 Å². The summed E-state index contributed by atoms with van der Waals surface area (Å²) >= 11 is 0. The minimum absolute atomic E-state index is 0.224. The summed E-state index contributed by atoms with van der Waals surface area (Å²) in [6.07, 6.45) is 4.14. The molecule has 0 saturated carbocycles. The highest BCUT2D eigenvalue weighted by Gasteiger charge is 2.24. The van der Waals surface area contributed by atoms with Crippen LogP contribution >= 0.6 is 0 Å². The topological polar surface area (TPSA) is 44.4 Å². The lowest BCUT2D eigenvalue weighted by atomic mass is 10.1. The van der Waals surface area contributed by atoms with E-state index in [2.05, 4.69) is 34.6 Å². The highest BCUT2D eigenvalue weighted by Crippen LogP contribution is 2.32. The summed E-state index contributed by atoms with van der Waals surface area (Å²) in [5, 5.41) is 5.92. The number of carbonyl (C=O) groups is 1. The van der Waals surface area contributed by atoms with Crippen molar-refractivity contribution in [3.63, 3.8) is 0 Å². The minimum atomic E-state index is -0.355. The van der Waals surface area contributed by atoms with Crippen LogP contribution in [-0.2, 0) is 4.79 Å². The number of rotatable bonds is 3. The molecule has 5 heteroatoms. The van der Waals surface area contributed by atoms with Gasteiger partial charge < -0.3 is 15.5 Å². The van der Waals surface area contributed by atoms with E-state index in [1.54, 1.807) is 12.3 Å². The molecule has 0 atom stereocenters. The van der Waals surface area contributed by atoms with Gasteiger partial charge in [0.2, 0.25) is 0 Å². The summed E-state index contributed by atoms with van der Waals surface area (Å²) < 4.78 is 13.5. The number of nitrogens with zero attached hydrogens (tertiary/aromatic N) is 1. The molecule has 0 aromatic heterocycles. The van der Waals surface area contributed by atoms with E-state index in [0.29, 0.717) is 16.8 Å². The molecule has 2 aliphatic rings. The molecule has 4 rings (SSSR count). The van der Waals surface area contributed by atoms with Gasteiger partial charge in [-0.1, -0.05) is 0 Å². The third-order valence-electron chi connectivity index (χ3n) is 4.79. The van der Waals surface area contributed by atoms with E-state index < -0.39 is 0 Å². The molecule has 0 radical (unpaired) electrons. The molecule has 0 unspecified atom stereocenters. The molecular formula is C20H20FN3O. The number of hydrogen-bond acceptors (Lipinski definition) is 3. The fourth-order valence-electron chi connectivity index (χ4n) is 3.52. The van der Waals surface area contributed by atoms with Crippen molar-refractivity contribution in [3.05, 3.63) is 59.5 Å². The van der Waals surface area contributed by atoms with Crippen molar-refractivity contribution in [3.8, 4) is 0 Å². The van der Waals surface area contributed by atoms with E-state index in [-0.39, 0.29) is 11.7 Å². The molecule has 2 aromatic rings. The van der Waals surface area contributed by atoms with Crippen LogP contribution in [0.25, 0.3) is 5.57 Å². The molecule has 2 aliphatic heterocycles. The van der Waals surface area contributed by atoms with Crippen molar-refractivity contribution in [2.24, 2.45) is 0 Å². The van der Waals surface area contributed by atoms with E-state index in [0.717, 1.165) is 18.8 Å². The smallest absolute Gasteiger partial charge is 0.257 e. The molecule has 128 valence electrons. The molecule has 25 heavy (non-hydrogen) atoms. The molecule has 2 heterocycles. The van der Waals surface area contributed by atoms with E-state index in [1.807, 2.05) is 6.07 Å². The Morgan fingerprint density at radius 1 is 1.16 bits per heavy atom. The first-order valence-electron chi connectivity index (χ1n) is 8.55. The van der Waals surface area contributed by atoms with Crippen molar-refractivity contribution in [1.29, 1.82) is 0 Å². The van der Waals surface area contributed by atoms with Crippen LogP contribution in [0.4, 0.5) is 21.5 Å². The second kappa shape index (κ2) is 6.24. The zero-order valence-electron chi connectivity index (χ0n) is 14.1. The number of aryl methyl sites for hydroxylation is 1. The van der Waals surface area contributed by atoms with Crippen LogP contribution in [0.5, 0.6) is 0 Å². The number of fused-ring (bicyclic) bond motifs is 1. The average molecular weight is 337 g/mol. The van der Waals surface area contributed by atoms with Gasteiger partial charge in [0.25, 0.3) is 5.91 Å². The first-order chi connectivity index (χ1) is 12.1. The summed E-state index contributed by atoms with van der Waals surface area (Å²) in [4.78, 5) is 14.5. The number of amides is 1. The van der Waals surface area contributed by atoms with Gasteiger partial charge in [-0.25, -0.2) is 4.39 Å². The van der Waals surface area contributed by atoms with Crippen LogP contribution in [-0.4, -0.2) is 19.0 Å². The highest BCUT2D eigenvalue weighted by atomic mass is 19.1. The minimum Gasteiger partial charge on any atom is -0.371 e. The molecule has 2 aromatic carbocycles. The second-order valence-electron chi connectivity index (χ2n) is 6.54. The van der Waals surface area contributed by atoms with Crippen LogP contribution < -0.4 is 15.5 Å². The van der Waals surface area contributed by atoms with E-state index in [9.17, 15) is 9.18 Å². The summed E-state index contributed by atoms with van der Waals surface area (Å²) in [6.45, 7) is 4.32. The number of anilines is 3. The van der Waals surface area contributed by atoms with Crippen LogP contribution in [0.3, 0.4) is 0 Å². The van der Waals surface area contributed by atoms with Gasteiger partial charge in [0.05, 0.1) is 5.57 Å². The lowest BCUT2D eigenvalue weighted by Gasteiger charge is -2.20. The van der Waals surface area contributed by atoms with E-state index in [1.165, 1.54) is 36.2 Å². The average Bonchev–Trinajstić information content (AvgIpc) is 3.21. The van der Waals surface area contributed by atoms with Crippen LogP contribution in [0.1, 0.15) is 24.0 Å².